The van der Waals surface area contributed by atoms with Crippen molar-refractivity contribution in [2.75, 3.05) is 34.0 Å². The molecule has 0 aliphatic rings. The van der Waals surface area contributed by atoms with Crippen molar-refractivity contribution in [2.24, 2.45) is 34.8 Å². The maximum absolute atomic E-state index is 13.3. The summed E-state index contributed by atoms with van der Waals surface area (Å²) in [6, 6.07) is 4.74. The smallest absolute Gasteiger partial charge is 0.409 e. The van der Waals surface area contributed by atoms with E-state index in [4.69, 9.17) is 24.7 Å². The van der Waals surface area contributed by atoms with Gasteiger partial charge in [0.05, 0.1) is 31.3 Å². The zero-order chi connectivity index (χ0) is 36.6. The van der Waals surface area contributed by atoms with Crippen molar-refractivity contribution in [3.63, 3.8) is 0 Å². The van der Waals surface area contributed by atoms with Crippen LogP contribution in [0.4, 0.5) is 4.79 Å². The third-order valence-corrected chi connectivity index (χ3v) is 8.26. The van der Waals surface area contributed by atoms with E-state index in [-0.39, 0.29) is 43.0 Å². The fourth-order valence-corrected chi connectivity index (χ4v) is 4.99. The molecule has 0 radical (unpaired) electrons. The molecule has 0 aliphatic carbocycles. The first-order chi connectivity index (χ1) is 22.4. The molecule has 1 aromatic carbocycles. The second-order valence-electron chi connectivity index (χ2n) is 13.3. The standard InChI is InChI=1S/C33H56N4O11/c1-20(2)24(15-23-11-12-28(45-9)29(16-23)46-14-10-13-44-8)17-26(36-32(41)47-22(5)48-37(42)43)27(38)18-25(21(3)4)30(39)35-19-33(6,7)31(34)40/h11-12,16,20-22,24-27,38H,10,13-15,17-19H2,1-9H3,(H2,34,40)(H,35,39)(H,36,41). The largest absolute Gasteiger partial charge is 0.493 e. The molecule has 0 aromatic heterocycles. The molecule has 5 unspecified atom stereocenters. The van der Waals surface area contributed by atoms with E-state index >= 15 is 0 Å². The number of rotatable bonds is 23. The zero-order valence-corrected chi connectivity index (χ0v) is 29.8. The number of hydrogen-bond donors (Lipinski definition) is 4. The van der Waals surface area contributed by atoms with Crippen molar-refractivity contribution in [3.05, 3.63) is 33.9 Å². The Morgan fingerprint density at radius 3 is 2.23 bits per heavy atom. The van der Waals surface area contributed by atoms with Crippen LogP contribution >= 0.6 is 0 Å². The van der Waals surface area contributed by atoms with Gasteiger partial charge in [0.15, 0.2) is 11.5 Å². The van der Waals surface area contributed by atoms with Crippen LogP contribution in [0, 0.1) is 39.2 Å². The Morgan fingerprint density at radius 1 is 1.02 bits per heavy atom. The van der Waals surface area contributed by atoms with Gasteiger partial charge in [-0.2, -0.15) is 0 Å². The molecular formula is C33H56N4O11. The van der Waals surface area contributed by atoms with Gasteiger partial charge in [0.2, 0.25) is 18.1 Å². The van der Waals surface area contributed by atoms with E-state index in [1.165, 1.54) is 6.92 Å². The van der Waals surface area contributed by atoms with Gasteiger partial charge < -0.3 is 40.4 Å². The van der Waals surface area contributed by atoms with Gasteiger partial charge in [0.1, 0.15) is 0 Å². The van der Waals surface area contributed by atoms with Crippen LogP contribution in [0.3, 0.4) is 0 Å². The average molecular weight is 685 g/mol. The molecule has 3 amide bonds. The van der Waals surface area contributed by atoms with Gasteiger partial charge in [-0.1, -0.05) is 33.8 Å². The topological polar surface area (TPSA) is 211 Å². The number of aliphatic hydroxyl groups is 1. The van der Waals surface area contributed by atoms with Gasteiger partial charge in [0.25, 0.3) is 5.09 Å². The molecule has 1 rings (SSSR count). The normalized spacial score (nSPS) is 14.8. The van der Waals surface area contributed by atoms with Gasteiger partial charge >= 0.3 is 6.09 Å². The Morgan fingerprint density at radius 2 is 1.69 bits per heavy atom. The quantitative estimate of drug-likeness (QED) is 0.0566. The molecule has 0 saturated heterocycles. The Kier molecular flexibility index (Phi) is 18.0. The number of nitrogens with one attached hydrogen (secondary N) is 2. The highest BCUT2D eigenvalue weighted by Crippen LogP contribution is 2.32. The maximum atomic E-state index is 13.3. The van der Waals surface area contributed by atoms with Crippen molar-refractivity contribution in [2.45, 2.75) is 92.6 Å². The molecule has 48 heavy (non-hydrogen) atoms. The van der Waals surface area contributed by atoms with Crippen LogP contribution < -0.4 is 25.8 Å². The van der Waals surface area contributed by atoms with Crippen LogP contribution in [0.15, 0.2) is 18.2 Å². The van der Waals surface area contributed by atoms with Gasteiger partial charge in [-0.15, -0.1) is 10.1 Å². The molecule has 15 heteroatoms. The first-order valence-electron chi connectivity index (χ1n) is 16.2. The first-order valence-corrected chi connectivity index (χ1v) is 16.2. The Labute approximate surface area is 283 Å². The minimum absolute atomic E-state index is 0.0121. The molecule has 15 nitrogen and oxygen atoms in total. The number of hydrogen-bond acceptors (Lipinski definition) is 11. The van der Waals surface area contributed by atoms with E-state index in [1.54, 1.807) is 28.1 Å². The molecule has 0 aliphatic heterocycles. The lowest BCUT2D eigenvalue weighted by molar-refractivity contribution is -0.777. The third-order valence-electron chi connectivity index (χ3n) is 8.26. The molecule has 0 saturated carbocycles. The van der Waals surface area contributed by atoms with Crippen LogP contribution in [0.1, 0.15) is 73.3 Å². The zero-order valence-electron chi connectivity index (χ0n) is 29.8. The SMILES string of the molecule is COCCCOc1cc(CC(CC(NC(=O)OC(C)O[N+](=O)[O-])C(O)CC(C(=O)NCC(C)(C)C(N)=O)C(C)C)C(C)C)ccc1OC. The number of ether oxygens (including phenoxy) is 4. The molecule has 0 bridgehead atoms. The molecule has 0 spiro atoms. The summed E-state index contributed by atoms with van der Waals surface area (Å²) in [4.78, 5) is 52.9. The van der Waals surface area contributed by atoms with Crippen molar-refractivity contribution >= 4 is 17.9 Å². The number of methoxy groups -OCH3 is 2. The van der Waals surface area contributed by atoms with E-state index in [0.717, 1.165) is 5.56 Å². The molecule has 5 N–H and O–H groups in total. The number of carbonyl (C=O) groups excluding carboxylic acids is 3. The van der Waals surface area contributed by atoms with E-state index < -0.39 is 46.9 Å². The minimum atomic E-state index is -1.50. The lowest BCUT2D eigenvalue weighted by Crippen LogP contribution is -2.49. The summed E-state index contributed by atoms with van der Waals surface area (Å²) in [5.41, 5.74) is 5.42. The lowest BCUT2D eigenvalue weighted by atomic mass is 9.80. The predicted molar refractivity (Wildman–Crippen MR) is 178 cm³/mol. The van der Waals surface area contributed by atoms with Crippen LogP contribution in [0.5, 0.6) is 11.5 Å². The van der Waals surface area contributed by atoms with Crippen molar-refractivity contribution in [3.8, 4) is 11.5 Å². The van der Waals surface area contributed by atoms with Crippen LogP contribution in [-0.2, 0) is 30.3 Å². The summed E-state index contributed by atoms with van der Waals surface area (Å²) in [5.74, 6) is -0.668. The Bertz CT molecular complexity index is 1180. The van der Waals surface area contributed by atoms with Gasteiger partial charge in [-0.25, -0.2) is 4.79 Å². The second-order valence-corrected chi connectivity index (χ2v) is 13.3. The highest BCUT2D eigenvalue weighted by Gasteiger charge is 2.34. The van der Waals surface area contributed by atoms with E-state index in [1.807, 2.05) is 45.9 Å². The van der Waals surface area contributed by atoms with E-state index in [2.05, 4.69) is 15.5 Å². The molecule has 274 valence electrons. The second kappa shape index (κ2) is 20.5. The number of carbonyl (C=O) groups is 3. The van der Waals surface area contributed by atoms with Crippen molar-refractivity contribution < 1.29 is 48.4 Å². The molecule has 1 aromatic rings. The van der Waals surface area contributed by atoms with E-state index in [0.29, 0.717) is 37.6 Å². The van der Waals surface area contributed by atoms with Crippen molar-refractivity contribution in [1.29, 1.82) is 0 Å². The lowest BCUT2D eigenvalue weighted by Gasteiger charge is -2.33. The summed E-state index contributed by atoms with van der Waals surface area (Å²) in [5, 5.41) is 26.6. The summed E-state index contributed by atoms with van der Waals surface area (Å²) in [7, 11) is 3.18. The average Bonchev–Trinajstić information content (AvgIpc) is 2.99. The highest BCUT2D eigenvalue weighted by atomic mass is 17.0. The fourth-order valence-electron chi connectivity index (χ4n) is 4.99. The Balaban J connectivity index is 3.29. The van der Waals surface area contributed by atoms with Crippen LogP contribution in [0.25, 0.3) is 0 Å². The monoisotopic (exact) mass is 684 g/mol. The number of aliphatic hydroxyl groups excluding tert-OH is 1. The molecule has 5 atom stereocenters. The number of amides is 3. The van der Waals surface area contributed by atoms with Crippen molar-refractivity contribution in [1.82, 2.24) is 10.6 Å². The van der Waals surface area contributed by atoms with Gasteiger partial charge in [-0.3, -0.25) is 14.4 Å². The third kappa shape index (κ3) is 14.9. The highest BCUT2D eigenvalue weighted by molar-refractivity contribution is 5.83. The summed E-state index contributed by atoms with van der Waals surface area (Å²) < 4.78 is 21.5. The summed E-state index contributed by atoms with van der Waals surface area (Å²) in [6.45, 7) is 13.1. The predicted octanol–water partition coefficient (Wildman–Crippen LogP) is 3.62. The summed E-state index contributed by atoms with van der Waals surface area (Å²) >= 11 is 0. The number of primary amides is 1. The van der Waals surface area contributed by atoms with Gasteiger partial charge in [0, 0.05) is 32.6 Å². The molecule has 0 heterocycles. The summed E-state index contributed by atoms with van der Waals surface area (Å²) in [6.07, 6.45) is -2.25. The number of nitrogens with two attached hydrogens (primary N) is 1. The number of benzene rings is 1. The number of alkyl carbamates (subject to hydrolysis) is 1. The van der Waals surface area contributed by atoms with Gasteiger partial charge in [-0.05, 0) is 75.5 Å². The number of nitrogens with zero attached hydrogens (tertiary/aromatic N) is 1. The maximum Gasteiger partial charge on any atom is 0.409 e. The molecule has 0 fully saturated rings. The first kappa shape index (κ1) is 42.2. The minimum Gasteiger partial charge on any atom is -0.493 e. The van der Waals surface area contributed by atoms with Crippen LogP contribution in [-0.4, -0.2) is 80.5 Å². The fraction of sp³-hybridized carbons (Fsp3) is 0.727. The van der Waals surface area contributed by atoms with E-state index in [9.17, 15) is 29.6 Å². The van der Waals surface area contributed by atoms with Crippen LogP contribution in [0.2, 0.25) is 0 Å². The molecular weight excluding hydrogens is 628 g/mol. The Hall–Kier alpha value is -3.85.